The number of carboxylic acid groups (broad SMARTS) is 1. The Hall–Kier alpha value is -1.49. The van der Waals surface area contributed by atoms with Crippen LogP contribution in [0.1, 0.15) is 12.0 Å². The highest BCUT2D eigenvalue weighted by Crippen LogP contribution is 2.18. The van der Waals surface area contributed by atoms with Crippen molar-refractivity contribution in [2.45, 2.75) is 11.3 Å². The van der Waals surface area contributed by atoms with Gasteiger partial charge in [0.05, 0.1) is 5.75 Å². The van der Waals surface area contributed by atoms with Crippen LogP contribution in [-0.4, -0.2) is 35.8 Å². The lowest BCUT2D eigenvalue weighted by molar-refractivity contribution is -0.133. The van der Waals surface area contributed by atoms with E-state index in [1.54, 1.807) is 0 Å². The first kappa shape index (κ1) is 12.0. The quantitative estimate of drug-likeness (QED) is 0.797. The summed E-state index contributed by atoms with van der Waals surface area (Å²) in [7, 11) is 0. The van der Waals surface area contributed by atoms with Crippen LogP contribution in [0.2, 0.25) is 0 Å². The topological polar surface area (TPSA) is 61.7 Å². The minimum absolute atomic E-state index is 0.0958. The van der Waals surface area contributed by atoms with E-state index < -0.39 is 5.97 Å². The number of hydrogen-bond donors (Lipinski definition) is 2. The first-order valence-corrected chi connectivity index (χ1v) is 6.47. The van der Waals surface area contributed by atoms with E-state index in [1.165, 1.54) is 11.8 Å². The second-order valence-corrected chi connectivity index (χ2v) is 4.77. The fourth-order valence-electron chi connectivity index (χ4n) is 1.58. The van der Waals surface area contributed by atoms with E-state index in [0.29, 0.717) is 0 Å². The average Bonchev–Trinajstić information content (AvgIpc) is 2.38. The molecule has 0 aromatic heterocycles. The number of benzene rings is 1. The molecule has 0 bridgehead atoms. The molecule has 1 aliphatic heterocycles. The van der Waals surface area contributed by atoms with Gasteiger partial charge in [0.25, 0.3) is 0 Å². The van der Waals surface area contributed by atoms with Gasteiger partial charge in [0.1, 0.15) is 5.84 Å². The van der Waals surface area contributed by atoms with Crippen LogP contribution in [-0.2, 0) is 4.79 Å². The lowest BCUT2D eigenvalue weighted by Crippen LogP contribution is -2.30. The molecule has 0 spiro atoms. The number of aliphatic carboxylic acids is 1. The van der Waals surface area contributed by atoms with Crippen molar-refractivity contribution in [3.63, 3.8) is 0 Å². The molecule has 2 rings (SSSR count). The average molecular weight is 250 g/mol. The van der Waals surface area contributed by atoms with E-state index in [4.69, 9.17) is 5.11 Å². The molecule has 0 aliphatic carbocycles. The zero-order valence-electron chi connectivity index (χ0n) is 9.35. The zero-order valence-corrected chi connectivity index (χ0v) is 10.2. The van der Waals surface area contributed by atoms with Gasteiger partial charge in [0, 0.05) is 23.5 Å². The molecule has 0 unspecified atom stereocenters. The summed E-state index contributed by atoms with van der Waals surface area (Å²) in [6.45, 7) is 1.84. The number of nitrogens with one attached hydrogen (secondary N) is 1. The number of thioether (sulfide) groups is 1. The summed E-state index contributed by atoms with van der Waals surface area (Å²) in [5.74, 6) is 0.238. The van der Waals surface area contributed by atoms with Crippen molar-refractivity contribution in [2.75, 3.05) is 18.8 Å². The summed E-state index contributed by atoms with van der Waals surface area (Å²) in [4.78, 5) is 15.8. The SMILES string of the molecule is O=C(O)CSc1ccc(C2=NCCCN2)cc1. The molecular weight excluding hydrogens is 236 g/mol. The highest BCUT2D eigenvalue weighted by molar-refractivity contribution is 8.00. The van der Waals surface area contributed by atoms with Crippen LogP contribution < -0.4 is 5.32 Å². The molecule has 0 amide bonds. The first-order valence-electron chi connectivity index (χ1n) is 5.49. The van der Waals surface area contributed by atoms with Gasteiger partial charge in [0.15, 0.2) is 0 Å². The zero-order chi connectivity index (χ0) is 12.1. The van der Waals surface area contributed by atoms with Gasteiger partial charge < -0.3 is 10.4 Å². The number of carboxylic acids is 1. The van der Waals surface area contributed by atoms with Crippen LogP contribution in [0.15, 0.2) is 34.2 Å². The molecule has 90 valence electrons. The number of nitrogens with zero attached hydrogens (tertiary/aromatic N) is 1. The van der Waals surface area contributed by atoms with Gasteiger partial charge >= 0.3 is 5.97 Å². The van der Waals surface area contributed by atoms with Crippen LogP contribution in [0.5, 0.6) is 0 Å². The van der Waals surface area contributed by atoms with Gasteiger partial charge in [0.2, 0.25) is 0 Å². The molecule has 1 aliphatic rings. The third kappa shape index (κ3) is 3.49. The van der Waals surface area contributed by atoms with Crippen LogP contribution in [0.3, 0.4) is 0 Å². The third-order valence-corrected chi connectivity index (χ3v) is 3.38. The maximum absolute atomic E-state index is 10.4. The summed E-state index contributed by atoms with van der Waals surface area (Å²) in [6.07, 6.45) is 1.08. The first-order chi connectivity index (χ1) is 8.25. The smallest absolute Gasteiger partial charge is 0.313 e. The van der Waals surface area contributed by atoms with Crippen LogP contribution in [0.4, 0.5) is 0 Å². The number of carbonyl (C=O) groups is 1. The predicted octanol–water partition coefficient (Wildman–Crippen LogP) is 1.60. The lowest BCUT2D eigenvalue weighted by Gasteiger charge is -2.14. The maximum Gasteiger partial charge on any atom is 0.313 e. The fraction of sp³-hybridized carbons (Fsp3) is 0.333. The van der Waals surface area contributed by atoms with Gasteiger partial charge in [-0.2, -0.15) is 0 Å². The van der Waals surface area contributed by atoms with Gasteiger partial charge in [-0.3, -0.25) is 9.79 Å². The van der Waals surface area contributed by atoms with Crippen molar-refractivity contribution in [3.8, 4) is 0 Å². The summed E-state index contributed by atoms with van der Waals surface area (Å²) in [5, 5.41) is 11.8. The summed E-state index contributed by atoms with van der Waals surface area (Å²) in [6, 6.07) is 7.81. The number of hydrogen-bond acceptors (Lipinski definition) is 4. The molecule has 0 fully saturated rings. The van der Waals surface area contributed by atoms with Crippen LogP contribution >= 0.6 is 11.8 Å². The largest absolute Gasteiger partial charge is 0.481 e. The predicted molar refractivity (Wildman–Crippen MR) is 68.8 cm³/mol. The van der Waals surface area contributed by atoms with Gasteiger partial charge in [-0.15, -0.1) is 11.8 Å². The van der Waals surface area contributed by atoms with E-state index in [1.807, 2.05) is 24.3 Å². The molecule has 1 aromatic rings. The second-order valence-electron chi connectivity index (χ2n) is 3.72. The van der Waals surface area contributed by atoms with E-state index in [9.17, 15) is 4.79 Å². The minimum Gasteiger partial charge on any atom is -0.481 e. The Morgan fingerprint density at radius 2 is 2.18 bits per heavy atom. The molecule has 17 heavy (non-hydrogen) atoms. The molecule has 2 N–H and O–H groups in total. The van der Waals surface area contributed by atoms with Gasteiger partial charge in [-0.25, -0.2) is 0 Å². The van der Waals surface area contributed by atoms with Crippen molar-refractivity contribution in [2.24, 2.45) is 4.99 Å². The van der Waals surface area contributed by atoms with Crippen molar-refractivity contribution in [1.82, 2.24) is 5.32 Å². The van der Waals surface area contributed by atoms with E-state index in [2.05, 4.69) is 10.3 Å². The van der Waals surface area contributed by atoms with E-state index in [-0.39, 0.29) is 5.75 Å². The molecule has 0 atom stereocenters. The van der Waals surface area contributed by atoms with Crippen LogP contribution in [0, 0.1) is 0 Å². The molecule has 0 saturated heterocycles. The summed E-state index contributed by atoms with van der Waals surface area (Å²) < 4.78 is 0. The maximum atomic E-state index is 10.4. The molecule has 4 nitrogen and oxygen atoms in total. The normalized spacial score (nSPS) is 14.9. The molecule has 5 heteroatoms. The van der Waals surface area contributed by atoms with Crippen molar-refractivity contribution in [3.05, 3.63) is 29.8 Å². The third-order valence-electron chi connectivity index (χ3n) is 2.39. The highest BCUT2D eigenvalue weighted by Gasteiger charge is 2.07. The van der Waals surface area contributed by atoms with Crippen molar-refractivity contribution in [1.29, 1.82) is 0 Å². The van der Waals surface area contributed by atoms with Gasteiger partial charge in [-0.05, 0) is 18.6 Å². The Morgan fingerprint density at radius 1 is 1.41 bits per heavy atom. The highest BCUT2D eigenvalue weighted by atomic mass is 32.2. The number of aliphatic imine (C=N–C) groups is 1. The molecule has 0 saturated carbocycles. The van der Waals surface area contributed by atoms with E-state index in [0.717, 1.165) is 35.8 Å². The summed E-state index contributed by atoms with van der Waals surface area (Å²) in [5.41, 5.74) is 1.06. The summed E-state index contributed by atoms with van der Waals surface area (Å²) >= 11 is 1.32. The molecule has 1 heterocycles. The Kier molecular flexibility index (Phi) is 4.03. The fourth-order valence-corrected chi connectivity index (χ4v) is 2.20. The van der Waals surface area contributed by atoms with Gasteiger partial charge in [-0.1, -0.05) is 12.1 Å². The Labute approximate surface area is 104 Å². The van der Waals surface area contributed by atoms with Crippen LogP contribution in [0.25, 0.3) is 0 Å². The Bertz CT molecular complexity index is 429. The second kappa shape index (κ2) is 5.72. The standard InChI is InChI=1S/C12H14N2O2S/c15-11(16)8-17-10-4-2-9(3-5-10)12-13-6-1-7-14-12/h2-5H,1,6-8H2,(H,13,14)(H,15,16). The number of amidine groups is 1. The Balaban J connectivity index is 2.02. The molecular formula is C12H14N2O2S. The van der Waals surface area contributed by atoms with Crippen molar-refractivity contribution >= 4 is 23.6 Å². The minimum atomic E-state index is -0.794. The Morgan fingerprint density at radius 3 is 2.76 bits per heavy atom. The van der Waals surface area contributed by atoms with E-state index >= 15 is 0 Å². The molecule has 0 radical (unpaired) electrons. The lowest BCUT2D eigenvalue weighted by atomic mass is 10.2. The van der Waals surface area contributed by atoms with Crippen molar-refractivity contribution < 1.29 is 9.90 Å². The number of rotatable bonds is 4. The molecule has 1 aromatic carbocycles. The monoisotopic (exact) mass is 250 g/mol.